The second-order valence-corrected chi connectivity index (χ2v) is 18.3. The molecule has 0 amide bonds. The van der Waals surface area contributed by atoms with Crippen molar-refractivity contribution < 1.29 is 0 Å². The Kier molecular flexibility index (Phi) is 9.78. The summed E-state index contributed by atoms with van der Waals surface area (Å²) in [5.74, 6) is 0. The Morgan fingerprint density at radius 1 is 0.194 bits per heavy atom. The molecule has 14 rings (SSSR count). The Morgan fingerprint density at radius 2 is 0.556 bits per heavy atom. The third kappa shape index (κ3) is 6.90. The maximum atomic E-state index is 5.52. The molecule has 0 spiro atoms. The first-order valence-electron chi connectivity index (χ1n) is 24.3. The van der Waals surface area contributed by atoms with Gasteiger partial charge in [-0.25, -0.2) is 9.97 Å². The van der Waals surface area contributed by atoms with Gasteiger partial charge in [0.2, 0.25) is 0 Å². The van der Waals surface area contributed by atoms with Crippen molar-refractivity contribution in [2.24, 2.45) is 0 Å². The number of rotatable bonds is 7. The highest BCUT2D eigenvalue weighted by atomic mass is 14.7. The van der Waals surface area contributed by atoms with Crippen LogP contribution >= 0.6 is 0 Å². The van der Waals surface area contributed by atoms with Crippen LogP contribution < -0.4 is 0 Å². The van der Waals surface area contributed by atoms with Crippen LogP contribution in [0.4, 0.5) is 0 Å². The van der Waals surface area contributed by atoms with Crippen LogP contribution in [0.25, 0.3) is 143 Å². The van der Waals surface area contributed by atoms with Gasteiger partial charge < -0.3 is 0 Å². The zero-order chi connectivity index (χ0) is 47.5. The van der Waals surface area contributed by atoms with E-state index in [0.29, 0.717) is 0 Å². The van der Waals surface area contributed by atoms with E-state index >= 15 is 0 Å². The average Bonchev–Trinajstić information content (AvgIpc) is 3.47. The molecule has 14 aromatic rings. The molecule has 0 radical (unpaired) electrons. The first-order chi connectivity index (χ1) is 35.7. The zero-order valence-corrected chi connectivity index (χ0v) is 38.9. The monoisotopic (exact) mass is 915 g/mol. The van der Waals surface area contributed by atoms with Crippen molar-refractivity contribution >= 4 is 65.2 Å². The van der Waals surface area contributed by atoms with Gasteiger partial charge in [0.25, 0.3) is 0 Å². The molecule has 5 aromatic heterocycles. The zero-order valence-electron chi connectivity index (χ0n) is 38.9. The Labute approximate surface area is 415 Å². The number of nitrogens with zero attached hydrogens (tertiary/aromatic N) is 5. The van der Waals surface area contributed by atoms with Crippen LogP contribution in [0.2, 0.25) is 0 Å². The van der Waals surface area contributed by atoms with Gasteiger partial charge in [-0.1, -0.05) is 164 Å². The molecule has 0 fully saturated rings. The summed E-state index contributed by atoms with van der Waals surface area (Å²) in [4.78, 5) is 25.4. The van der Waals surface area contributed by atoms with Crippen molar-refractivity contribution in [1.29, 1.82) is 0 Å². The molecular weight excluding hydrogens is 875 g/mol. The molecule has 0 aliphatic carbocycles. The summed E-state index contributed by atoms with van der Waals surface area (Å²) in [6.07, 6.45) is 5.58. The summed E-state index contributed by atoms with van der Waals surface area (Å²) in [5, 5.41) is 8.84. The first kappa shape index (κ1) is 41.3. The van der Waals surface area contributed by atoms with E-state index in [9.17, 15) is 0 Å². The van der Waals surface area contributed by atoms with E-state index in [0.717, 1.165) is 143 Å². The van der Waals surface area contributed by atoms with Crippen LogP contribution in [0.3, 0.4) is 0 Å². The van der Waals surface area contributed by atoms with E-state index in [2.05, 4.69) is 211 Å². The molecule has 0 atom stereocenters. The van der Waals surface area contributed by atoms with Crippen LogP contribution in [0.15, 0.2) is 249 Å². The predicted octanol–water partition coefficient (Wildman–Crippen LogP) is 17.2. The highest BCUT2D eigenvalue weighted by molar-refractivity contribution is 6.24. The van der Waals surface area contributed by atoms with E-state index in [1.54, 1.807) is 0 Å². The van der Waals surface area contributed by atoms with Crippen molar-refractivity contribution in [2.45, 2.75) is 0 Å². The van der Waals surface area contributed by atoms with Gasteiger partial charge >= 0.3 is 0 Å². The summed E-state index contributed by atoms with van der Waals surface area (Å²) in [6, 6.07) is 82.0. The molecule has 334 valence electrons. The lowest BCUT2D eigenvalue weighted by Crippen LogP contribution is -1.95. The molecule has 5 heterocycles. The van der Waals surface area contributed by atoms with Crippen molar-refractivity contribution in [1.82, 2.24) is 24.9 Å². The summed E-state index contributed by atoms with van der Waals surface area (Å²) < 4.78 is 0. The van der Waals surface area contributed by atoms with E-state index in [1.165, 1.54) is 0 Å². The summed E-state index contributed by atoms with van der Waals surface area (Å²) in [5.41, 5.74) is 18.5. The van der Waals surface area contributed by atoms with Crippen molar-refractivity contribution in [2.75, 3.05) is 0 Å². The lowest BCUT2D eigenvalue weighted by atomic mass is 9.87. The van der Waals surface area contributed by atoms with Crippen LogP contribution in [0, 0.1) is 0 Å². The van der Waals surface area contributed by atoms with Crippen molar-refractivity contribution in [3.8, 4) is 78.3 Å². The SMILES string of the molecule is c1ccc(-c2ccc(-c3ccccc3-c3cc(-c4ccccc4-c4ccc5c6ncccc6c6ccccc6c5n4)cc(-c4ccccc4-c4ccc5c6ncccc6c6ccccc6c5n4)c3)cc2)nc1. The van der Waals surface area contributed by atoms with Crippen LogP contribution in [0.5, 0.6) is 0 Å². The summed E-state index contributed by atoms with van der Waals surface area (Å²) >= 11 is 0. The Morgan fingerprint density at radius 3 is 1.03 bits per heavy atom. The molecule has 0 bridgehead atoms. The van der Waals surface area contributed by atoms with Gasteiger partial charge in [0.15, 0.2) is 0 Å². The fourth-order valence-electron chi connectivity index (χ4n) is 10.9. The number of hydrogen-bond donors (Lipinski definition) is 0. The summed E-state index contributed by atoms with van der Waals surface area (Å²) in [6.45, 7) is 0. The molecule has 0 unspecified atom stereocenters. The highest BCUT2D eigenvalue weighted by Crippen LogP contribution is 2.44. The second-order valence-electron chi connectivity index (χ2n) is 18.3. The van der Waals surface area contributed by atoms with Gasteiger partial charge in [0.1, 0.15) is 0 Å². The van der Waals surface area contributed by atoms with E-state index in [1.807, 2.05) is 42.9 Å². The Bertz CT molecular complexity index is 4160. The molecule has 0 aliphatic heterocycles. The van der Waals surface area contributed by atoms with Crippen LogP contribution in [-0.4, -0.2) is 24.9 Å². The first-order valence-corrected chi connectivity index (χ1v) is 24.3. The minimum Gasteiger partial charge on any atom is -0.256 e. The third-order valence-corrected chi connectivity index (χ3v) is 14.2. The molecule has 0 saturated carbocycles. The Hall–Kier alpha value is -9.71. The number of benzene rings is 9. The quantitative estimate of drug-likeness (QED) is 0.149. The Balaban J connectivity index is 0.977. The number of pyridine rings is 5. The minimum atomic E-state index is 0.897. The molecule has 0 aliphatic rings. The van der Waals surface area contributed by atoms with Gasteiger partial charge in [-0.15, -0.1) is 0 Å². The standard InChI is InChI=1S/C67H41N5/c1-2-16-48(47(15-1)42-28-30-43(31-29-42)61-27-11-12-36-68-61)44-39-45(49-17-3-7-21-53(49)62-34-32-59-64-55(25-13-37-69-64)51-19-5-9-23-57(51)66(59)71-62)41-46(40-44)50-18-4-8-22-54(50)63-35-33-60-65-56(26-14-38-70-65)52-20-6-10-24-58(52)67(60)72-63/h1-41H. The smallest absolute Gasteiger partial charge is 0.0809 e. The fourth-order valence-corrected chi connectivity index (χ4v) is 10.9. The lowest BCUT2D eigenvalue weighted by Gasteiger charge is -2.18. The molecule has 5 nitrogen and oxygen atoms in total. The largest absolute Gasteiger partial charge is 0.256 e. The lowest BCUT2D eigenvalue weighted by molar-refractivity contribution is 1.33. The minimum absolute atomic E-state index is 0.897. The number of fused-ring (bicyclic) bond motifs is 12. The molecule has 9 aromatic carbocycles. The fraction of sp³-hybridized carbons (Fsp3) is 0. The highest BCUT2D eigenvalue weighted by Gasteiger charge is 2.20. The van der Waals surface area contributed by atoms with E-state index in [-0.39, 0.29) is 0 Å². The molecular formula is C67H41N5. The van der Waals surface area contributed by atoms with Gasteiger partial charge in [0.05, 0.1) is 39.1 Å². The summed E-state index contributed by atoms with van der Waals surface area (Å²) in [7, 11) is 0. The van der Waals surface area contributed by atoms with Gasteiger partial charge in [0, 0.05) is 67.6 Å². The number of hydrogen-bond acceptors (Lipinski definition) is 5. The van der Waals surface area contributed by atoms with Crippen LogP contribution in [0.1, 0.15) is 0 Å². The molecule has 0 N–H and O–H groups in total. The van der Waals surface area contributed by atoms with E-state index < -0.39 is 0 Å². The normalized spacial score (nSPS) is 11.6. The average molecular weight is 916 g/mol. The van der Waals surface area contributed by atoms with Gasteiger partial charge in [-0.05, 0) is 122 Å². The molecule has 72 heavy (non-hydrogen) atoms. The van der Waals surface area contributed by atoms with Crippen molar-refractivity contribution in [3.63, 3.8) is 0 Å². The van der Waals surface area contributed by atoms with Crippen molar-refractivity contribution in [3.05, 3.63) is 249 Å². The van der Waals surface area contributed by atoms with Gasteiger partial charge in [-0.2, -0.15) is 0 Å². The second kappa shape index (κ2) is 17.1. The maximum absolute atomic E-state index is 5.52. The van der Waals surface area contributed by atoms with E-state index in [4.69, 9.17) is 19.9 Å². The molecule has 5 heteroatoms. The molecule has 0 saturated heterocycles. The predicted molar refractivity (Wildman–Crippen MR) is 299 cm³/mol. The maximum Gasteiger partial charge on any atom is 0.0809 e. The number of aromatic nitrogens is 5. The van der Waals surface area contributed by atoms with Gasteiger partial charge in [-0.3, -0.25) is 15.0 Å². The topological polar surface area (TPSA) is 64.5 Å². The van der Waals surface area contributed by atoms with Crippen LogP contribution in [-0.2, 0) is 0 Å². The third-order valence-electron chi connectivity index (χ3n) is 14.2.